The molecule has 0 amide bonds. The number of ether oxygens (including phenoxy) is 1. The molecule has 0 spiro atoms. The van der Waals surface area contributed by atoms with Crippen molar-refractivity contribution in [2.45, 2.75) is 40.2 Å². The minimum Gasteiger partial charge on any atom is -0.425 e. The van der Waals surface area contributed by atoms with Crippen LogP contribution in [0.1, 0.15) is 45.8 Å². The van der Waals surface area contributed by atoms with Crippen LogP contribution in [-0.2, 0) is 4.79 Å². The number of benzene rings is 2. The van der Waals surface area contributed by atoms with Crippen LogP contribution in [0.25, 0.3) is 10.8 Å². The van der Waals surface area contributed by atoms with E-state index >= 15 is 0 Å². The molecular formula is C18H22O3. The highest BCUT2D eigenvalue weighted by atomic mass is 16.5. The molecule has 0 aliphatic rings. The Kier molecular flexibility index (Phi) is 4.33. The highest BCUT2D eigenvalue weighted by molar-refractivity contribution is 5.93. The molecule has 2 rings (SSSR count). The van der Waals surface area contributed by atoms with Gasteiger partial charge in [0, 0.05) is 5.39 Å². The molecule has 0 aromatic heterocycles. The Hall–Kier alpha value is -1.87. The van der Waals surface area contributed by atoms with Gasteiger partial charge in [-0.05, 0) is 44.2 Å². The van der Waals surface area contributed by atoms with Crippen molar-refractivity contribution in [1.82, 2.24) is 0 Å². The summed E-state index contributed by atoms with van der Waals surface area (Å²) in [5.74, 6) is 0.307. The number of hydrogen-bond acceptors (Lipinski definition) is 3. The Labute approximate surface area is 125 Å². The van der Waals surface area contributed by atoms with Gasteiger partial charge in [0.25, 0.3) is 0 Å². The minimum absolute atomic E-state index is 0.236. The second-order valence-electron chi connectivity index (χ2n) is 6.00. The fourth-order valence-corrected chi connectivity index (χ4v) is 2.13. The summed E-state index contributed by atoms with van der Waals surface area (Å²) < 4.78 is 5.60. The first-order chi connectivity index (χ1) is 9.86. The average Bonchev–Trinajstić information content (AvgIpc) is 2.47. The molecule has 2 aromatic rings. The van der Waals surface area contributed by atoms with Crippen LogP contribution < -0.4 is 4.74 Å². The molecule has 0 aliphatic heterocycles. The standard InChI is InChI=1S/C18H22O3/c1-5-18(3,4)17(20)21-16-11-10-13(12(2)19)14-8-6-7-9-15(14)16/h6-12,19H,5H2,1-4H3. The Bertz CT molecular complexity index is 657. The van der Waals surface area contributed by atoms with E-state index in [0.29, 0.717) is 5.75 Å². The number of fused-ring (bicyclic) bond motifs is 1. The zero-order valence-electron chi connectivity index (χ0n) is 13.0. The van der Waals surface area contributed by atoms with E-state index in [4.69, 9.17) is 4.74 Å². The summed E-state index contributed by atoms with van der Waals surface area (Å²) in [6, 6.07) is 11.2. The van der Waals surface area contributed by atoms with Crippen LogP contribution in [0, 0.1) is 5.41 Å². The zero-order valence-corrected chi connectivity index (χ0v) is 13.0. The third-order valence-corrected chi connectivity index (χ3v) is 4.01. The van der Waals surface area contributed by atoms with Gasteiger partial charge < -0.3 is 9.84 Å². The van der Waals surface area contributed by atoms with Crippen molar-refractivity contribution < 1.29 is 14.6 Å². The quantitative estimate of drug-likeness (QED) is 0.675. The van der Waals surface area contributed by atoms with Crippen molar-refractivity contribution >= 4 is 16.7 Å². The lowest BCUT2D eigenvalue weighted by molar-refractivity contribution is -0.144. The highest BCUT2D eigenvalue weighted by Crippen LogP contribution is 2.33. The summed E-state index contributed by atoms with van der Waals surface area (Å²) in [6.07, 6.45) is 0.155. The van der Waals surface area contributed by atoms with Crippen molar-refractivity contribution in [2.24, 2.45) is 5.41 Å². The third-order valence-electron chi connectivity index (χ3n) is 4.01. The van der Waals surface area contributed by atoms with Gasteiger partial charge in [-0.2, -0.15) is 0 Å². The van der Waals surface area contributed by atoms with Gasteiger partial charge in [-0.15, -0.1) is 0 Å². The van der Waals surface area contributed by atoms with Gasteiger partial charge in [0.05, 0.1) is 11.5 Å². The number of esters is 1. The zero-order chi connectivity index (χ0) is 15.6. The van der Waals surface area contributed by atoms with E-state index in [1.54, 1.807) is 13.0 Å². The number of rotatable bonds is 4. The average molecular weight is 286 g/mol. The summed E-state index contributed by atoms with van der Waals surface area (Å²) in [7, 11) is 0. The first-order valence-corrected chi connectivity index (χ1v) is 7.29. The predicted octanol–water partition coefficient (Wildman–Crippen LogP) is 4.23. The molecule has 0 bridgehead atoms. The second-order valence-corrected chi connectivity index (χ2v) is 6.00. The monoisotopic (exact) mass is 286 g/mol. The molecule has 21 heavy (non-hydrogen) atoms. The molecule has 3 nitrogen and oxygen atoms in total. The highest BCUT2D eigenvalue weighted by Gasteiger charge is 2.28. The van der Waals surface area contributed by atoms with E-state index in [1.807, 2.05) is 51.1 Å². The summed E-state index contributed by atoms with van der Waals surface area (Å²) in [5.41, 5.74) is 0.324. The molecule has 0 fully saturated rings. The molecule has 0 aliphatic carbocycles. The van der Waals surface area contributed by atoms with Crippen molar-refractivity contribution in [3.05, 3.63) is 42.0 Å². The fourth-order valence-electron chi connectivity index (χ4n) is 2.13. The first kappa shape index (κ1) is 15.5. The molecule has 0 heterocycles. The number of hydrogen-bond donors (Lipinski definition) is 1. The van der Waals surface area contributed by atoms with Crippen molar-refractivity contribution in [2.75, 3.05) is 0 Å². The largest absolute Gasteiger partial charge is 0.425 e. The van der Waals surface area contributed by atoms with Crippen LogP contribution in [0.4, 0.5) is 0 Å². The van der Waals surface area contributed by atoms with Crippen molar-refractivity contribution in [1.29, 1.82) is 0 Å². The first-order valence-electron chi connectivity index (χ1n) is 7.29. The molecule has 2 aromatic carbocycles. The maximum absolute atomic E-state index is 12.3. The van der Waals surface area contributed by atoms with Gasteiger partial charge in [0.15, 0.2) is 0 Å². The van der Waals surface area contributed by atoms with E-state index in [1.165, 1.54) is 0 Å². The minimum atomic E-state index is -0.563. The maximum atomic E-state index is 12.3. The summed E-state index contributed by atoms with van der Waals surface area (Å²) in [5, 5.41) is 11.6. The summed E-state index contributed by atoms with van der Waals surface area (Å²) in [4.78, 5) is 12.3. The van der Waals surface area contributed by atoms with E-state index in [9.17, 15) is 9.90 Å². The van der Waals surface area contributed by atoms with E-state index in [-0.39, 0.29) is 5.97 Å². The van der Waals surface area contributed by atoms with Crippen molar-refractivity contribution in [3.63, 3.8) is 0 Å². The lowest BCUT2D eigenvalue weighted by Crippen LogP contribution is -2.28. The maximum Gasteiger partial charge on any atom is 0.316 e. The molecule has 0 saturated heterocycles. The number of carbonyl (C=O) groups is 1. The van der Waals surface area contributed by atoms with Crippen LogP contribution in [0.3, 0.4) is 0 Å². The van der Waals surface area contributed by atoms with Gasteiger partial charge >= 0.3 is 5.97 Å². The molecule has 1 unspecified atom stereocenters. The number of carbonyl (C=O) groups excluding carboxylic acids is 1. The van der Waals surface area contributed by atoms with Crippen LogP contribution >= 0.6 is 0 Å². The molecule has 0 saturated carbocycles. The molecule has 1 N–H and O–H groups in total. The molecule has 0 radical (unpaired) electrons. The molecule has 3 heteroatoms. The van der Waals surface area contributed by atoms with Gasteiger partial charge in [-0.25, -0.2) is 0 Å². The normalized spacial score (nSPS) is 13.2. The van der Waals surface area contributed by atoms with E-state index in [2.05, 4.69) is 0 Å². The van der Waals surface area contributed by atoms with Crippen LogP contribution in [0.5, 0.6) is 5.75 Å². The molecule has 112 valence electrons. The smallest absolute Gasteiger partial charge is 0.316 e. The topological polar surface area (TPSA) is 46.5 Å². The van der Waals surface area contributed by atoms with Gasteiger partial charge in [0.1, 0.15) is 5.75 Å². The summed E-state index contributed by atoms with van der Waals surface area (Å²) in [6.45, 7) is 7.45. The Morgan fingerprint density at radius 1 is 1.19 bits per heavy atom. The van der Waals surface area contributed by atoms with E-state index in [0.717, 1.165) is 22.8 Å². The summed E-state index contributed by atoms with van der Waals surface area (Å²) >= 11 is 0. The molecule has 1 atom stereocenters. The number of aliphatic hydroxyl groups is 1. The second kappa shape index (κ2) is 5.86. The SMILES string of the molecule is CCC(C)(C)C(=O)Oc1ccc(C(C)O)c2ccccc12. The molecular weight excluding hydrogens is 264 g/mol. The number of aliphatic hydroxyl groups excluding tert-OH is 1. The van der Waals surface area contributed by atoms with Gasteiger partial charge in [0.2, 0.25) is 0 Å². The van der Waals surface area contributed by atoms with Crippen molar-refractivity contribution in [3.8, 4) is 5.75 Å². The predicted molar refractivity (Wildman–Crippen MR) is 84.3 cm³/mol. The lowest BCUT2D eigenvalue weighted by Gasteiger charge is -2.21. The van der Waals surface area contributed by atoms with E-state index < -0.39 is 11.5 Å². The third kappa shape index (κ3) is 3.08. The Morgan fingerprint density at radius 3 is 2.38 bits per heavy atom. The van der Waals surface area contributed by atoms with Crippen LogP contribution in [-0.4, -0.2) is 11.1 Å². The lowest BCUT2D eigenvalue weighted by atomic mass is 9.90. The Morgan fingerprint density at radius 2 is 1.81 bits per heavy atom. The van der Waals surface area contributed by atoms with Crippen LogP contribution in [0.15, 0.2) is 36.4 Å². The van der Waals surface area contributed by atoms with Gasteiger partial charge in [-0.1, -0.05) is 37.3 Å². The fraction of sp³-hybridized carbons (Fsp3) is 0.389. The van der Waals surface area contributed by atoms with Crippen LogP contribution in [0.2, 0.25) is 0 Å². The Balaban J connectivity index is 2.47. The van der Waals surface area contributed by atoms with Gasteiger partial charge in [-0.3, -0.25) is 4.79 Å².